The molecule has 0 saturated carbocycles. The lowest BCUT2D eigenvalue weighted by atomic mass is 10.2. The van der Waals surface area contributed by atoms with E-state index in [4.69, 9.17) is 16.3 Å². The summed E-state index contributed by atoms with van der Waals surface area (Å²) < 4.78 is 5.58. The number of ketones is 1. The Morgan fingerprint density at radius 2 is 1.81 bits per heavy atom. The smallest absolute Gasteiger partial charge is 0.177 e. The molecular formula is C13H15ClO2. The minimum atomic E-state index is -0.0885. The predicted molar refractivity (Wildman–Crippen MR) is 65.5 cm³/mol. The number of hydrogen-bond donors (Lipinski definition) is 0. The molecule has 0 aromatic heterocycles. The molecule has 0 N–H and O–H groups in total. The van der Waals surface area contributed by atoms with Crippen molar-refractivity contribution < 1.29 is 9.53 Å². The Hall–Kier alpha value is -1.28. The Bertz CT molecular complexity index is 382. The number of allylic oxidation sites excluding steroid dienone is 2. The molecule has 3 heteroatoms. The molecule has 1 aromatic carbocycles. The standard InChI is InChI=1S/C13H15ClO2/c1-3-11(15)13(14)12(4-2)16-10-8-6-5-7-9-10/h5-9H,3-4H2,1-2H3/b13-12-. The summed E-state index contributed by atoms with van der Waals surface area (Å²) in [6.07, 6.45) is 0.986. The van der Waals surface area contributed by atoms with Gasteiger partial charge in [0.25, 0.3) is 0 Å². The van der Waals surface area contributed by atoms with Crippen molar-refractivity contribution in [1.82, 2.24) is 0 Å². The van der Waals surface area contributed by atoms with Crippen molar-refractivity contribution in [3.05, 3.63) is 41.1 Å². The van der Waals surface area contributed by atoms with E-state index in [0.29, 0.717) is 24.4 Å². The van der Waals surface area contributed by atoms with Crippen LogP contribution in [0.25, 0.3) is 0 Å². The molecule has 2 nitrogen and oxygen atoms in total. The van der Waals surface area contributed by atoms with Crippen LogP contribution in [0.2, 0.25) is 0 Å². The molecule has 16 heavy (non-hydrogen) atoms. The first kappa shape index (κ1) is 12.8. The molecule has 0 heterocycles. The maximum Gasteiger partial charge on any atom is 0.177 e. The number of benzene rings is 1. The van der Waals surface area contributed by atoms with Crippen LogP contribution < -0.4 is 4.74 Å². The van der Waals surface area contributed by atoms with Crippen LogP contribution in [-0.4, -0.2) is 5.78 Å². The molecule has 0 fully saturated rings. The molecule has 0 unspecified atom stereocenters. The molecule has 0 aliphatic rings. The SMILES string of the molecule is CCC(=O)/C(Cl)=C(\CC)Oc1ccccc1. The van der Waals surface area contributed by atoms with Gasteiger partial charge in [-0.3, -0.25) is 4.79 Å². The Balaban J connectivity index is 2.88. The largest absolute Gasteiger partial charge is 0.460 e. The summed E-state index contributed by atoms with van der Waals surface area (Å²) in [5, 5.41) is 0.203. The highest BCUT2D eigenvalue weighted by Crippen LogP contribution is 2.20. The van der Waals surface area contributed by atoms with Crippen LogP contribution in [-0.2, 0) is 4.79 Å². The van der Waals surface area contributed by atoms with Crippen LogP contribution in [0.15, 0.2) is 41.1 Å². The first-order chi connectivity index (χ1) is 7.69. The van der Waals surface area contributed by atoms with Gasteiger partial charge in [-0.2, -0.15) is 0 Å². The molecule has 1 rings (SSSR count). The van der Waals surface area contributed by atoms with Crippen LogP contribution in [0, 0.1) is 0 Å². The van der Waals surface area contributed by atoms with E-state index in [-0.39, 0.29) is 10.8 Å². The van der Waals surface area contributed by atoms with Gasteiger partial charge in [0, 0.05) is 12.8 Å². The normalized spacial score (nSPS) is 11.9. The highest BCUT2D eigenvalue weighted by molar-refractivity contribution is 6.42. The van der Waals surface area contributed by atoms with E-state index < -0.39 is 0 Å². The lowest BCUT2D eigenvalue weighted by molar-refractivity contribution is -0.114. The van der Waals surface area contributed by atoms with Crippen LogP contribution in [0.5, 0.6) is 5.75 Å². The van der Waals surface area contributed by atoms with E-state index in [0.717, 1.165) is 0 Å². The summed E-state index contributed by atoms with van der Waals surface area (Å²) in [7, 11) is 0. The fourth-order valence-electron chi connectivity index (χ4n) is 1.21. The monoisotopic (exact) mass is 238 g/mol. The number of para-hydroxylation sites is 1. The van der Waals surface area contributed by atoms with Gasteiger partial charge in [-0.05, 0) is 12.1 Å². The van der Waals surface area contributed by atoms with E-state index >= 15 is 0 Å². The van der Waals surface area contributed by atoms with Gasteiger partial charge >= 0.3 is 0 Å². The first-order valence-electron chi connectivity index (χ1n) is 5.33. The molecule has 0 bridgehead atoms. The van der Waals surface area contributed by atoms with Gasteiger partial charge < -0.3 is 4.74 Å². The summed E-state index contributed by atoms with van der Waals surface area (Å²) in [4.78, 5) is 11.4. The van der Waals surface area contributed by atoms with Gasteiger partial charge in [-0.1, -0.05) is 43.6 Å². The maximum absolute atomic E-state index is 11.4. The van der Waals surface area contributed by atoms with Gasteiger partial charge in [0.15, 0.2) is 5.78 Å². The van der Waals surface area contributed by atoms with E-state index in [2.05, 4.69) is 0 Å². The highest BCUT2D eigenvalue weighted by Gasteiger charge is 2.12. The molecular weight excluding hydrogens is 224 g/mol. The lowest BCUT2D eigenvalue weighted by Gasteiger charge is -2.09. The summed E-state index contributed by atoms with van der Waals surface area (Å²) >= 11 is 5.95. The zero-order chi connectivity index (χ0) is 12.0. The Kier molecular flexibility index (Phi) is 5.06. The number of hydrogen-bond acceptors (Lipinski definition) is 2. The average Bonchev–Trinajstić information content (AvgIpc) is 2.35. The molecule has 0 spiro atoms. The zero-order valence-corrected chi connectivity index (χ0v) is 10.3. The van der Waals surface area contributed by atoms with Crippen molar-refractivity contribution >= 4 is 17.4 Å². The Morgan fingerprint density at radius 1 is 1.19 bits per heavy atom. The lowest BCUT2D eigenvalue weighted by Crippen LogP contribution is -2.04. The number of Topliss-reactive ketones (excluding diaryl/α,β-unsaturated/α-hetero) is 1. The van der Waals surface area contributed by atoms with E-state index in [1.54, 1.807) is 6.92 Å². The van der Waals surface area contributed by atoms with E-state index in [9.17, 15) is 4.79 Å². The van der Waals surface area contributed by atoms with E-state index in [1.807, 2.05) is 37.3 Å². The number of ether oxygens (including phenoxy) is 1. The maximum atomic E-state index is 11.4. The topological polar surface area (TPSA) is 26.3 Å². The van der Waals surface area contributed by atoms with Crippen molar-refractivity contribution in [2.24, 2.45) is 0 Å². The van der Waals surface area contributed by atoms with Crippen LogP contribution in [0.1, 0.15) is 26.7 Å². The second-order valence-electron chi connectivity index (χ2n) is 3.28. The fourth-order valence-corrected chi connectivity index (χ4v) is 1.52. The van der Waals surface area contributed by atoms with Gasteiger partial charge in [0.2, 0.25) is 0 Å². The summed E-state index contributed by atoms with van der Waals surface area (Å²) in [6, 6.07) is 9.31. The molecule has 0 aliphatic carbocycles. The Labute approximate surface area is 101 Å². The van der Waals surface area contributed by atoms with Gasteiger partial charge in [0.1, 0.15) is 16.5 Å². The van der Waals surface area contributed by atoms with Crippen molar-refractivity contribution in [1.29, 1.82) is 0 Å². The minimum absolute atomic E-state index is 0.0885. The van der Waals surface area contributed by atoms with Crippen molar-refractivity contribution in [2.45, 2.75) is 26.7 Å². The average molecular weight is 239 g/mol. The first-order valence-corrected chi connectivity index (χ1v) is 5.71. The van der Waals surface area contributed by atoms with Gasteiger partial charge in [0.05, 0.1) is 0 Å². The second-order valence-corrected chi connectivity index (χ2v) is 3.66. The number of carbonyl (C=O) groups excluding carboxylic acids is 1. The summed E-state index contributed by atoms with van der Waals surface area (Å²) in [6.45, 7) is 3.68. The molecule has 86 valence electrons. The third kappa shape index (κ3) is 3.38. The molecule has 0 saturated heterocycles. The minimum Gasteiger partial charge on any atom is -0.460 e. The van der Waals surface area contributed by atoms with Crippen molar-refractivity contribution in [2.75, 3.05) is 0 Å². The zero-order valence-electron chi connectivity index (χ0n) is 9.50. The number of rotatable bonds is 5. The predicted octanol–water partition coefficient (Wildman–Crippen LogP) is 3.90. The van der Waals surface area contributed by atoms with Gasteiger partial charge in [-0.15, -0.1) is 0 Å². The molecule has 0 radical (unpaired) electrons. The number of halogens is 1. The summed E-state index contributed by atoms with van der Waals surface area (Å²) in [5.74, 6) is 1.13. The third-order valence-corrected chi connectivity index (χ3v) is 2.54. The molecule has 0 amide bonds. The highest BCUT2D eigenvalue weighted by atomic mass is 35.5. The quantitative estimate of drug-likeness (QED) is 0.574. The Morgan fingerprint density at radius 3 is 2.31 bits per heavy atom. The number of carbonyl (C=O) groups is 1. The van der Waals surface area contributed by atoms with Crippen molar-refractivity contribution in [3.63, 3.8) is 0 Å². The van der Waals surface area contributed by atoms with Gasteiger partial charge in [-0.25, -0.2) is 0 Å². The molecule has 0 aliphatic heterocycles. The molecule has 1 aromatic rings. The second kappa shape index (κ2) is 6.33. The van der Waals surface area contributed by atoms with Crippen molar-refractivity contribution in [3.8, 4) is 5.75 Å². The van der Waals surface area contributed by atoms with Crippen LogP contribution >= 0.6 is 11.6 Å². The van der Waals surface area contributed by atoms with E-state index in [1.165, 1.54) is 0 Å². The molecule has 0 atom stereocenters. The summed E-state index contributed by atoms with van der Waals surface area (Å²) in [5.41, 5.74) is 0. The van der Waals surface area contributed by atoms with Crippen LogP contribution in [0.3, 0.4) is 0 Å². The van der Waals surface area contributed by atoms with Crippen LogP contribution in [0.4, 0.5) is 0 Å². The third-order valence-electron chi connectivity index (χ3n) is 2.12. The fraction of sp³-hybridized carbons (Fsp3) is 0.308.